The minimum Gasteiger partial charge on any atom is -0.376 e. The lowest BCUT2D eigenvalue weighted by Gasteiger charge is -2.32. The van der Waals surface area contributed by atoms with Gasteiger partial charge in [-0.15, -0.1) is 0 Å². The fourth-order valence-corrected chi connectivity index (χ4v) is 1.92. The second kappa shape index (κ2) is 5.69. The van der Waals surface area contributed by atoms with Crippen molar-refractivity contribution in [2.45, 2.75) is 51.2 Å². The second-order valence-electron chi connectivity index (χ2n) is 4.41. The van der Waals surface area contributed by atoms with E-state index in [-0.39, 0.29) is 18.3 Å². The molecule has 3 nitrogen and oxygen atoms in total. The molecule has 0 spiro atoms. The molecule has 1 saturated heterocycles. The summed E-state index contributed by atoms with van der Waals surface area (Å²) >= 11 is 0. The van der Waals surface area contributed by atoms with Crippen molar-refractivity contribution in [1.82, 2.24) is 0 Å². The van der Waals surface area contributed by atoms with Gasteiger partial charge in [-0.05, 0) is 26.7 Å². The van der Waals surface area contributed by atoms with Crippen molar-refractivity contribution < 1.29 is 22.6 Å². The first-order chi connectivity index (χ1) is 7.82. The van der Waals surface area contributed by atoms with E-state index in [0.29, 0.717) is 12.8 Å². The van der Waals surface area contributed by atoms with E-state index in [9.17, 15) is 13.2 Å². The normalized spacial score (nSPS) is 31.9. The molecule has 3 atom stereocenters. The van der Waals surface area contributed by atoms with Gasteiger partial charge in [0.2, 0.25) is 0 Å². The monoisotopic (exact) mass is 251 g/mol. The standard InChI is InChI=1S/C11H16F3NO2/c1-7-3-10(4-8(2)17-7)16-6-9(5-15)11(12,13)14/h7-10H,3-4,6H2,1-2H3. The van der Waals surface area contributed by atoms with Crippen LogP contribution in [0.25, 0.3) is 0 Å². The van der Waals surface area contributed by atoms with Crippen LogP contribution >= 0.6 is 0 Å². The fourth-order valence-electron chi connectivity index (χ4n) is 1.92. The lowest BCUT2D eigenvalue weighted by Crippen LogP contribution is -2.36. The quantitative estimate of drug-likeness (QED) is 0.774. The van der Waals surface area contributed by atoms with Crippen molar-refractivity contribution in [1.29, 1.82) is 5.26 Å². The van der Waals surface area contributed by atoms with Crippen LogP contribution in [0.4, 0.5) is 13.2 Å². The molecule has 0 aromatic carbocycles. The molecular formula is C11H16F3NO2. The second-order valence-corrected chi connectivity index (χ2v) is 4.41. The molecule has 0 aliphatic carbocycles. The maximum atomic E-state index is 12.3. The molecule has 3 unspecified atom stereocenters. The smallest absolute Gasteiger partial charge is 0.376 e. The topological polar surface area (TPSA) is 42.2 Å². The number of halogens is 3. The molecule has 0 aromatic rings. The Morgan fingerprint density at radius 1 is 1.35 bits per heavy atom. The SMILES string of the molecule is CC1CC(OCC(C#N)C(F)(F)F)CC(C)O1. The lowest BCUT2D eigenvalue weighted by molar-refractivity contribution is -0.182. The fraction of sp³-hybridized carbons (Fsp3) is 0.909. The Hall–Kier alpha value is -0.800. The zero-order valence-corrected chi connectivity index (χ0v) is 9.83. The molecule has 1 aliphatic heterocycles. The summed E-state index contributed by atoms with van der Waals surface area (Å²) < 4.78 is 47.5. The Labute approximate surface area is 98.5 Å². The average Bonchev–Trinajstić information content (AvgIpc) is 2.14. The Kier molecular flexibility index (Phi) is 4.78. The lowest BCUT2D eigenvalue weighted by atomic mass is 10.0. The zero-order chi connectivity index (χ0) is 13.1. The Balaban J connectivity index is 2.42. The summed E-state index contributed by atoms with van der Waals surface area (Å²) in [5, 5.41) is 8.42. The van der Waals surface area contributed by atoms with Gasteiger partial charge in [0.1, 0.15) is 0 Å². The summed E-state index contributed by atoms with van der Waals surface area (Å²) in [4.78, 5) is 0. The summed E-state index contributed by atoms with van der Waals surface area (Å²) in [7, 11) is 0. The van der Waals surface area contributed by atoms with E-state index in [1.807, 2.05) is 13.8 Å². The molecule has 98 valence electrons. The minimum absolute atomic E-state index is 0.0184. The molecule has 6 heteroatoms. The number of rotatable bonds is 3. The predicted molar refractivity (Wildman–Crippen MR) is 54.1 cm³/mol. The van der Waals surface area contributed by atoms with Gasteiger partial charge >= 0.3 is 6.18 Å². The van der Waals surface area contributed by atoms with Crippen LogP contribution in [0.2, 0.25) is 0 Å². The maximum Gasteiger partial charge on any atom is 0.406 e. The van der Waals surface area contributed by atoms with Gasteiger partial charge in [-0.1, -0.05) is 0 Å². The molecule has 0 radical (unpaired) electrons. The molecule has 1 aliphatic rings. The number of alkyl halides is 3. The van der Waals surface area contributed by atoms with Crippen LogP contribution in [-0.4, -0.2) is 31.1 Å². The number of nitriles is 1. The van der Waals surface area contributed by atoms with Gasteiger partial charge in [-0.2, -0.15) is 18.4 Å². The Bertz CT molecular complexity index is 277. The first-order valence-corrected chi connectivity index (χ1v) is 5.56. The van der Waals surface area contributed by atoms with Crippen LogP contribution in [0, 0.1) is 17.2 Å². The molecule has 0 saturated carbocycles. The highest BCUT2D eigenvalue weighted by molar-refractivity contribution is 4.88. The predicted octanol–water partition coefficient (Wildman–Crippen LogP) is 2.66. The van der Waals surface area contributed by atoms with E-state index in [1.165, 1.54) is 6.07 Å². The first-order valence-electron chi connectivity index (χ1n) is 5.56. The van der Waals surface area contributed by atoms with Crippen LogP contribution < -0.4 is 0 Å². The molecule has 0 bridgehead atoms. The van der Waals surface area contributed by atoms with Crippen molar-refractivity contribution >= 4 is 0 Å². The van der Waals surface area contributed by atoms with E-state index in [2.05, 4.69) is 0 Å². The highest BCUT2D eigenvalue weighted by atomic mass is 19.4. The third-order valence-corrected chi connectivity index (χ3v) is 2.70. The summed E-state index contributed by atoms with van der Waals surface area (Å²) in [5.41, 5.74) is 0. The van der Waals surface area contributed by atoms with E-state index in [1.54, 1.807) is 0 Å². The van der Waals surface area contributed by atoms with Crippen LogP contribution in [0.5, 0.6) is 0 Å². The van der Waals surface area contributed by atoms with E-state index < -0.39 is 18.7 Å². The van der Waals surface area contributed by atoms with Crippen molar-refractivity contribution in [3.63, 3.8) is 0 Å². The van der Waals surface area contributed by atoms with Crippen molar-refractivity contribution in [2.24, 2.45) is 5.92 Å². The van der Waals surface area contributed by atoms with Gasteiger partial charge in [-0.3, -0.25) is 0 Å². The zero-order valence-electron chi connectivity index (χ0n) is 9.83. The van der Waals surface area contributed by atoms with Gasteiger partial charge in [0.05, 0.1) is 31.0 Å². The summed E-state index contributed by atoms with van der Waals surface area (Å²) in [6.07, 6.45) is -3.67. The number of hydrogen-bond acceptors (Lipinski definition) is 3. The van der Waals surface area contributed by atoms with Crippen molar-refractivity contribution in [2.75, 3.05) is 6.61 Å². The molecule has 0 amide bonds. The summed E-state index contributed by atoms with van der Waals surface area (Å²) in [6.45, 7) is 3.12. The largest absolute Gasteiger partial charge is 0.406 e. The van der Waals surface area contributed by atoms with E-state index in [0.717, 1.165) is 0 Å². The van der Waals surface area contributed by atoms with Crippen LogP contribution in [0.3, 0.4) is 0 Å². The molecule has 1 heterocycles. The molecule has 1 fully saturated rings. The first kappa shape index (κ1) is 14.3. The maximum absolute atomic E-state index is 12.3. The van der Waals surface area contributed by atoms with Crippen LogP contribution in [0.15, 0.2) is 0 Å². The highest BCUT2D eigenvalue weighted by Gasteiger charge is 2.40. The van der Waals surface area contributed by atoms with Crippen molar-refractivity contribution in [3.05, 3.63) is 0 Å². The number of ether oxygens (including phenoxy) is 2. The molecule has 0 N–H and O–H groups in total. The van der Waals surface area contributed by atoms with Gasteiger partial charge in [0.25, 0.3) is 0 Å². The van der Waals surface area contributed by atoms with Crippen LogP contribution in [0.1, 0.15) is 26.7 Å². The van der Waals surface area contributed by atoms with Gasteiger partial charge in [-0.25, -0.2) is 0 Å². The number of hydrogen-bond donors (Lipinski definition) is 0. The van der Waals surface area contributed by atoms with E-state index in [4.69, 9.17) is 14.7 Å². The Morgan fingerprint density at radius 3 is 2.29 bits per heavy atom. The number of nitrogens with zero attached hydrogens (tertiary/aromatic N) is 1. The highest BCUT2D eigenvalue weighted by Crippen LogP contribution is 2.28. The Morgan fingerprint density at radius 2 is 1.88 bits per heavy atom. The molecule has 17 heavy (non-hydrogen) atoms. The molecule has 1 rings (SSSR count). The van der Waals surface area contributed by atoms with Gasteiger partial charge < -0.3 is 9.47 Å². The summed E-state index contributed by atoms with van der Waals surface area (Å²) in [5.74, 6) is -2.05. The third-order valence-electron chi connectivity index (χ3n) is 2.70. The van der Waals surface area contributed by atoms with Gasteiger partial charge in [0.15, 0.2) is 5.92 Å². The van der Waals surface area contributed by atoms with Gasteiger partial charge in [0, 0.05) is 0 Å². The third kappa shape index (κ3) is 4.52. The molecule has 0 aromatic heterocycles. The minimum atomic E-state index is -4.52. The molecular weight excluding hydrogens is 235 g/mol. The average molecular weight is 251 g/mol. The van der Waals surface area contributed by atoms with Crippen LogP contribution in [-0.2, 0) is 9.47 Å². The van der Waals surface area contributed by atoms with E-state index >= 15 is 0 Å². The van der Waals surface area contributed by atoms with Crippen molar-refractivity contribution in [3.8, 4) is 6.07 Å². The summed E-state index contributed by atoms with van der Waals surface area (Å²) in [6, 6.07) is 1.22.